The number of carbonyl (C=O) groups is 3. The number of methoxy groups -OCH3 is 1. The van der Waals surface area contributed by atoms with Crippen LogP contribution in [-0.4, -0.2) is 35.4 Å². The normalized spacial score (nSPS) is 30.8. The summed E-state index contributed by atoms with van der Waals surface area (Å²) in [7, 11) is 1.38. The fraction of sp³-hybridized carbons (Fsp3) is 0.353. The van der Waals surface area contributed by atoms with Crippen molar-refractivity contribution in [2.24, 2.45) is 0 Å². The number of benzene rings is 1. The smallest absolute Gasteiger partial charge is 0.314 e. The van der Waals surface area contributed by atoms with Crippen LogP contribution >= 0.6 is 0 Å². The molecule has 1 saturated heterocycles. The second kappa shape index (κ2) is 4.29. The molecule has 3 atom stereocenters. The third kappa shape index (κ3) is 1.64. The van der Waals surface area contributed by atoms with Gasteiger partial charge < -0.3 is 14.6 Å². The highest BCUT2D eigenvalue weighted by Crippen LogP contribution is 2.55. The van der Waals surface area contributed by atoms with Crippen molar-refractivity contribution in [3.05, 3.63) is 40.5 Å². The van der Waals surface area contributed by atoms with E-state index >= 15 is 0 Å². The van der Waals surface area contributed by atoms with E-state index < -0.39 is 23.6 Å². The van der Waals surface area contributed by atoms with Crippen molar-refractivity contribution in [3.8, 4) is 5.75 Å². The van der Waals surface area contributed by atoms with Gasteiger partial charge in [-0.1, -0.05) is 0 Å². The average Bonchev–Trinajstić information content (AvgIpc) is 2.80. The van der Waals surface area contributed by atoms with Crippen molar-refractivity contribution in [1.29, 1.82) is 0 Å². The van der Waals surface area contributed by atoms with Gasteiger partial charge in [-0.3, -0.25) is 14.4 Å². The summed E-state index contributed by atoms with van der Waals surface area (Å²) >= 11 is 0. The van der Waals surface area contributed by atoms with E-state index in [2.05, 4.69) is 0 Å². The van der Waals surface area contributed by atoms with Crippen molar-refractivity contribution in [1.82, 2.24) is 0 Å². The maximum Gasteiger partial charge on any atom is 0.314 e. The zero-order chi connectivity index (χ0) is 16.5. The quantitative estimate of drug-likeness (QED) is 0.789. The van der Waals surface area contributed by atoms with Crippen LogP contribution in [0.3, 0.4) is 0 Å². The van der Waals surface area contributed by atoms with Crippen LogP contribution in [-0.2, 0) is 9.53 Å². The highest BCUT2D eigenvalue weighted by Gasteiger charge is 2.56. The topological polar surface area (TPSA) is 89.9 Å². The summed E-state index contributed by atoms with van der Waals surface area (Å²) in [5.74, 6) is -1.55. The number of ether oxygens (including phenoxy) is 2. The average molecular weight is 314 g/mol. The Morgan fingerprint density at radius 1 is 1.26 bits per heavy atom. The van der Waals surface area contributed by atoms with E-state index in [9.17, 15) is 19.5 Å². The lowest BCUT2D eigenvalue weighted by Gasteiger charge is -2.35. The molecule has 0 unspecified atom stereocenters. The Balaban J connectivity index is 2.08. The zero-order valence-electron chi connectivity index (χ0n) is 12.6. The number of carbonyl (C=O) groups excluding carboxylic acids is 3. The maximum absolute atomic E-state index is 12.2. The predicted molar refractivity (Wildman–Crippen MR) is 77.6 cm³/mol. The van der Waals surface area contributed by atoms with Crippen LogP contribution in [0.15, 0.2) is 18.2 Å². The lowest BCUT2D eigenvalue weighted by atomic mass is 9.72. The lowest BCUT2D eigenvalue weighted by Crippen LogP contribution is -2.35. The monoisotopic (exact) mass is 314 g/mol. The first-order valence-corrected chi connectivity index (χ1v) is 7.30. The van der Waals surface area contributed by atoms with E-state index in [0.29, 0.717) is 17.5 Å². The second-order valence-corrected chi connectivity index (χ2v) is 6.29. The molecular weight excluding hydrogens is 300 g/mol. The van der Waals surface area contributed by atoms with Crippen LogP contribution in [0.5, 0.6) is 5.75 Å². The van der Waals surface area contributed by atoms with Crippen LogP contribution in [0.1, 0.15) is 57.2 Å². The fourth-order valence-electron chi connectivity index (χ4n) is 3.80. The van der Waals surface area contributed by atoms with Crippen LogP contribution in [0.4, 0.5) is 0 Å². The third-order valence-electron chi connectivity index (χ3n) is 4.90. The van der Waals surface area contributed by atoms with E-state index in [1.165, 1.54) is 25.3 Å². The van der Waals surface area contributed by atoms with Gasteiger partial charge in [-0.15, -0.1) is 0 Å². The Morgan fingerprint density at radius 3 is 2.65 bits per heavy atom. The van der Waals surface area contributed by atoms with E-state index in [1.54, 1.807) is 6.92 Å². The molecule has 1 aromatic carbocycles. The van der Waals surface area contributed by atoms with Crippen molar-refractivity contribution >= 4 is 17.5 Å². The largest absolute Gasteiger partial charge is 0.496 e. The SMILES string of the molecule is COc1c2c(cc3c1[C@@H]1C[C@@](C)(OC1=O)[C@@H]3O)C(=O)C=CC2=O. The Kier molecular flexibility index (Phi) is 2.64. The number of esters is 1. The first-order chi connectivity index (χ1) is 10.9. The van der Waals surface area contributed by atoms with Gasteiger partial charge in [0.2, 0.25) is 0 Å². The van der Waals surface area contributed by atoms with Crippen molar-refractivity contribution in [2.45, 2.75) is 31.0 Å². The molecule has 3 aliphatic rings. The van der Waals surface area contributed by atoms with Gasteiger partial charge in [0.15, 0.2) is 11.6 Å². The molecule has 0 aromatic heterocycles. The number of hydrogen-bond donors (Lipinski definition) is 1. The molecule has 4 rings (SSSR count). The Morgan fingerprint density at radius 2 is 1.96 bits per heavy atom. The number of aliphatic hydroxyl groups is 1. The number of fused-ring (bicyclic) bond motifs is 5. The number of aliphatic hydroxyl groups excluding tert-OH is 1. The maximum atomic E-state index is 12.2. The Labute approximate surface area is 131 Å². The van der Waals surface area contributed by atoms with Gasteiger partial charge in [0.05, 0.1) is 18.6 Å². The van der Waals surface area contributed by atoms with Gasteiger partial charge >= 0.3 is 5.97 Å². The van der Waals surface area contributed by atoms with E-state index in [4.69, 9.17) is 9.47 Å². The van der Waals surface area contributed by atoms with E-state index in [1.807, 2.05) is 0 Å². The first kappa shape index (κ1) is 14.1. The van der Waals surface area contributed by atoms with Gasteiger partial charge in [0.25, 0.3) is 0 Å². The minimum atomic E-state index is -1.08. The molecule has 2 bridgehead atoms. The molecule has 6 heteroatoms. The molecule has 6 nitrogen and oxygen atoms in total. The van der Waals surface area contributed by atoms with Crippen molar-refractivity contribution in [3.63, 3.8) is 0 Å². The van der Waals surface area contributed by atoms with E-state index in [0.717, 1.165) is 0 Å². The number of hydrogen-bond acceptors (Lipinski definition) is 6. The van der Waals surface area contributed by atoms with Crippen LogP contribution < -0.4 is 4.74 Å². The Bertz CT molecular complexity index is 821. The minimum absolute atomic E-state index is 0.147. The number of allylic oxidation sites excluding steroid dienone is 2. The first-order valence-electron chi connectivity index (χ1n) is 7.30. The summed E-state index contributed by atoms with van der Waals surface area (Å²) in [6.07, 6.45) is 1.63. The highest BCUT2D eigenvalue weighted by molar-refractivity contribution is 6.23. The standard InChI is InChI=1S/C17H14O6/c1-17-6-9(16(21)23-17)12-8(15(17)20)5-7-10(18)3-4-11(19)13(7)14(12)22-2/h3-5,9,15,20H,6H2,1-2H3/t9-,15+,17+/m0/s1. The molecule has 2 aliphatic carbocycles. The fourth-order valence-corrected chi connectivity index (χ4v) is 3.80. The van der Waals surface area contributed by atoms with Crippen molar-refractivity contribution in [2.75, 3.05) is 7.11 Å². The van der Waals surface area contributed by atoms with Gasteiger partial charge in [-0.25, -0.2) is 0 Å². The van der Waals surface area contributed by atoms with Gasteiger partial charge in [-0.2, -0.15) is 0 Å². The predicted octanol–water partition coefficient (Wildman–Crippen LogP) is 1.47. The number of ketones is 2. The molecule has 1 N–H and O–H groups in total. The summed E-state index contributed by atoms with van der Waals surface area (Å²) in [5, 5.41) is 10.7. The zero-order valence-corrected chi connectivity index (χ0v) is 12.6. The molecule has 1 aromatic rings. The van der Waals surface area contributed by atoms with Crippen LogP contribution in [0.25, 0.3) is 0 Å². The summed E-state index contributed by atoms with van der Waals surface area (Å²) in [6, 6.07) is 1.49. The molecule has 0 spiro atoms. The number of rotatable bonds is 1. The molecule has 0 amide bonds. The van der Waals surface area contributed by atoms with Gasteiger partial charge in [-0.05, 0) is 30.7 Å². The molecular formula is C17H14O6. The highest BCUT2D eigenvalue weighted by atomic mass is 16.6. The van der Waals surface area contributed by atoms with Gasteiger partial charge in [0.1, 0.15) is 17.5 Å². The van der Waals surface area contributed by atoms with Crippen molar-refractivity contribution < 1.29 is 29.0 Å². The molecule has 23 heavy (non-hydrogen) atoms. The van der Waals surface area contributed by atoms with E-state index in [-0.39, 0.29) is 28.4 Å². The summed E-state index contributed by atoms with van der Waals surface area (Å²) in [6.45, 7) is 1.66. The summed E-state index contributed by atoms with van der Waals surface area (Å²) < 4.78 is 10.7. The van der Waals surface area contributed by atoms with Crippen LogP contribution in [0.2, 0.25) is 0 Å². The molecule has 1 fully saturated rings. The minimum Gasteiger partial charge on any atom is -0.496 e. The molecule has 0 radical (unpaired) electrons. The molecule has 118 valence electrons. The molecule has 1 heterocycles. The summed E-state index contributed by atoms with van der Waals surface area (Å²) in [4.78, 5) is 36.6. The lowest BCUT2D eigenvalue weighted by molar-refractivity contribution is -0.156. The van der Waals surface area contributed by atoms with Crippen LogP contribution in [0, 0.1) is 0 Å². The third-order valence-corrected chi connectivity index (χ3v) is 4.90. The second-order valence-electron chi connectivity index (χ2n) is 6.29. The Hall–Kier alpha value is -2.47. The molecule has 0 saturated carbocycles. The summed E-state index contributed by atoms with van der Waals surface area (Å²) in [5.41, 5.74) is 0.182. The van der Waals surface area contributed by atoms with Gasteiger partial charge in [0, 0.05) is 17.5 Å². The molecule has 1 aliphatic heterocycles.